The monoisotopic (exact) mass is 381 g/mol. The molecule has 0 saturated carbocycles. The molecule has 28 heavy (non-hydrogen) atoms. The van der Waals surface area contributed by atoms with Crippen molar-refractivity contribution in [2.75, 3.05) is 33.4 Å². The van der Waals surface area contributed by atoms with Gasteiger partial charge in [-0.2, -0.15) is 0 Å². The molecule has 2 aromatic rings. The molecule has 1 N–H and O–H groups in total. The molecule has 0 unspecified atom stereocenters. The number of methoxy groups -OCH3 is 1. The summed E-state index contributed by atoms with van der Waals surface area (Å²) in [6, 6.07) is 13.7. The van der Waals surface area contributed by atoms with Gasteiger partial charge < -0.3 is 15.0 Å². The molecule has 3 rings (SSSR count). The minimum Gasteiger partial charge on any atom is -0.383 e. The third-order valence-corrected chi connectivity index (χ3v) is 5.10. The summed E-state index contributed by atoms with van der Waals surface area (Å²) < 4.78 is 4.92. The second kappa shape index (κ2) is 9.99. The number of carbonyl (C=O) groups is 2. The van der Waals surface area contributed by atoms with Crippen LogP contribution in [-0.2, 0) is 11.2 Å². The van der Waals surface area contributed by atoms with Crippen LogP contribution in [0.15, 0.2) is 48.7 Å². The minimum absolute atomic E-state index is 0.0356. The molecular weight excluding hydrogens is 354 g/mol. The van der Waals surface area contributed by atoms with Gasteiger partial charge >= 0.3 is 0 Å². The number of ether oxygens (including phenoxy) is 1. The highest BCUT2D eigenvalue weighted by molar-refractivity contribution is 5.98. The minimum atomic E-state index is -0.298. The summed E-state index contributed by atoms with van der Waals surface area (Å²) in [6.45, 7) is 2.33. The van der Waals surface area contributed by atoms with Gasteiger partial charge in [-0.1, -0.05) is 30.3 Å². The van der Waals surface area contributed by atoms with Crippen molar-refractivity contribution in [2.24, 2.45) is 5.92 Å². The Kier molecular flexibility index (Phi) is 7.14. The van der Waals surface area contributed by atoms with Crippen LogP contribution in [-0.4, -0.2) is 55.0 Å². The number of nitrogens with zero attached hydrogens (tertiary/aromatic N) is 2. The highest BCUT2D eigenvalue weighted by Crippen LogP contribution is 2.23. The maximum atomic E-state index is 12.8. The highest BCUT2D eigenvalue weighted by atomic mass is 16.5. The zero-order valence-electron chi connectivity index (χ0n) is 16.3. The van der Waals surface area contributed by atoms with Gasteiger partial charge in [0.1, 0.15) is 5.69 Å². The zero-order valence-corrected chi connectivity index (χ0v) is 16.3. The Balaban J connectivity index is 1.55. The van der Waals surface area contributed by atoms with Crippen molar-refractivity contribution in [1.82, 2.24) is 15.2 Å². The molecule has 1 aliphatic rings. The molecule has 0 atom stereocenters. The Hall–Kier alpha value is -2.73. The Morgan fingerprint density at radius 1 is 1.18 bits per heavy atom. The van der Waals surface area contributed by atoms with Crippen LogP contribution >= 0.6 is 0 Å². The lowest BCUT2D eigenvalue weighted by Crippen LogP contribution is -2.39. The van der Waals surface area contributed by atoms with Crippen LogP contribution in [0.3, 0.4) is 0 Å². The summed E-state index contributed by atoms with van der Waals surface area (Å²) in [5.41, 5.74) is 2.11. The Bertz CT molecular complexity index is 787. The van der Waals surface area contributed by atoms with E-state index >= 15 is 0 Å². The first-order chi connectivity index (χ1) is 13.7. The largest absolute Gasteiger partial charge is 0.383 e. The van der Waals surface area contributed by atoms with Crippen molar-refractivity contribution >= 4 is 11.8 Å². The Morgan fingerprint density at radius 2 is 1.93 bits per heavy atom. The van der Waals surface area contributed by atoms with Gasteiger partial charge in [0, 0.05) is 38.5 Å². The van der Waals surface area contributed by atoms with Crippen LogP contribution in [0.2, 0.25) is 0 Å². The molecule has 0 radical (unpaired) electrons. The fourth-order valence-corrected chi connectivity index (χ4v) is 3.52. The Morgan fingerprint density at radius 3 is 2.64 bits per heavy atom. The van der Waals surface area contributed by atoms with Crippen molar-refractivity contribution in [3.05, 3.63) is 65.5 Å². The average molecular weight is 381 g/mol. The first-order valence-electron chi connectivity index (χ1n) is 9.73. The molecule has 1 aliphatic heterocycles. The first kappa shape index (κ1) is 20.0. The molecule has 0 aliphatic carbocycles. The molecule has 6 nitrogen and oxygen atoms in total. The van der Waals surface area contributed by atoms with Gasteiger partial charge in [-0.05, 0) is 42.9 Å². The lowest BCUT2D eigenvalue weighted by Gasteiger charge is -2.32. The van der Waals surface area contributed by atoms with E-state index in [9.17, 15) is 9.59 Å². The standard InChI is InChI=1S/C22H27N3O3/c1-28-14-11-24-21(26)20-16-19(7-10-23-20)22(27)25-12-8-18(9-13-25)15-17-5-3-2-4-6-17/h2-7,10,16,18H,8-9,11-15H2,1H3,(H,24,26). The van der Waals surface area contributed by atoms with Crippen molar-refractivity contribution in [2.45, 2.75) is 19.3 Å². The molecule has 0 spiro atoms. The number of benzene rings is 1. The number of nitrogens with one attached hydrogen (secondary N) is 1. The lowest BCUT2D eigenvalue weighted by atomic mass is 9.90. The van der Waals surface area contributed by atoms with Crippen molar-refractivity contribution in [1.29, 1.82) is 0 Å². The van der Waals surface area contributed by atoms with Gasteiger partial charge in [0.2, 0.25) is 0 Å². The van der Waals surface area contributed by atoms with Gasteiger partial charge in [0.05, 0.1) is 6.61 Å². The fourth-order valence-electron chi connectivity index (χ4n) is 3.52. The number of hydrogen-bond acceptors (Lipinski definition) is 4. The number of amides is 2. The maximum Gasteiger partial charge on any atom is 0.269 e. The van der Waals surface area contributed by atoms with Crippen LogP contribution in [0.25, 0.3) is 0 Å². The van der Waals surface area contributed by atoms with Gasteiger partial charge in [0.15, 0.2) is 0 Å². The van der Waals surface area contributed by atoms with Gasteiger partial charge in [-0.25, -0.2) is 0 Å². The molecule has 6 heteroatoms. The predicted molar refractivity (Wildman–Crippen MR) is 107 cm³/mol. The van der Waals surface area contributed by atoms with Crippen molar-refractivity contribution < 1.29 is 14.3 Å². The van der Waals surface area contributed by atoms with E-state index in [1.807, 2.05) is 11.0 Å². The number of carbonyl (C=O) groups excluding carboxylic acids is 2. The smallest absolute Gasteiger partial charge is 0.269 e. The summed E-state index contributed by atoms with van der Waals surface area (Å²) in [6.07, 6.45) is 4.57. The summed E-state index contributed by atoms with van der Waals surface area (Å²) >= 11 is 0. The third-order valence-electron chi connectivity index (χ3n) is 5.10. The number of piperidine rings is 1. The Labute approximate surface area is 165 Å². The topological polar surface area (TPSA) is 71.5 Å². The van der Waals surface area contributed by atoms with E-state index in [0.29, 0.717) is 24.6 Å². The van der Waals surface area contributed by atoms with E-state index in [1.165, 1.54) is 11.8 Å². The highest BCUT2D eigenvalue weighted by Gasteiger charge is 2.24. The SMILES string of the molecule is COCCNC(=O)c1cc(C(=O)N2CCC(Cc3ccccc3)CC2)ccn1. The molecule has 1 fully saturated rings. The number of aromatic nitrogens is 1. The molecule has 1 aromatic carbocycles. The van der Waals surface area contributed by atoms with Crippen LogP contribution < -0.4 is 5.32 Å². The van der Waals surface area contributed by atoms with E-state index in [2.05, 4.69) is 34.6 Å². The maximum absolute atomic E-state index is 12.8. The quantitative estimate of drug-likeness (QED) is 0.748. The lowest BCUT2D eigenvalue weighted by molar-refractivity contribution is 0.0690. The molecule has 2 amide bonds. The summed E-state index contributed by atoms with van der Waals surface area (Å²) in [5, 5.41) is 2.72. The zero-order chi connectivity index (χ0) is 19.8. The average Bonchev–Trinajstić information content (AvgIpc) is 2.75. The molecular formula is C22H27N3O3. The second-order valence-electron chi connectivity index (χ2n) is 7.10. The number of likely N-dealkylation sites (tertiary alicyclic amines) is 1. The second-order valence-corrected chi connectivity index (χ2v) is 7.10. The van der Waals surface area contributed by atoms with E-state index in [4.69, 9.17) is 4.74 Å². The molecule has 1 aromatic heterocycles. The normalized spacial score (nSPS) is 14.7. The van der Waals surface area contributed by atoms with Gasteiger partial charge in [-0.3, -0.25) is 14.6 Å². The van der Waals surface area contributed by atoms with E-state index in [0.717, 1.165) is 32.4 Å². The van der Waals surface area contributed by atoms with Crippen molar-refractivity contribution in [3.63, 3.8) is 0 Å². The molecule has 1 saturated heterocycles. The van der Waals surface area contributed by atoms with E-state index in [1.54, 1.807) is 19.2 Å². The van der Waals surface area contributed by atoms with Crippen LogP contribution in [0.5, 0.6) is 0 Å². The van der Waals surface area contributed by atoms with E-state index in [-0.39, 0.29) is 17.5 Å². The molecule has 2 heterocycles. The number of pyridine rings is 1. The number of hydrogen-bond donors (Lipinski definition) is 1. The van der Waals surface area contributed by atoms with Crippen LogP contribution in [0.1, 0.15) is 39.3 Å². The summed E-state index contributed by atoms with van der Waals surface area (Å²) in [5.74, 6) is 0.269. The first-order valence-corrected chi connectivity index (χ1v) is 9.73. The fraction of sp³-hybridized carbons (Fsp3) is 0.409. The third kappa shape index (κ3) is 5.39. The van der Waals surface area contributed by atoms with Crippen LogP contribution in [0, 0.1) is 5.92 Å². The molecule has 148 valence electrons. The van der Waals surface area contributed by atoms with Gasteiger partial charge in [-0.15, -0.1) is 0 Å². The van der Waals surface area contributed by atoms with Crippen molar-refractivity contribution in [3.8, 4) is 0 Å². The number of rotatable bonds is 7. The molecule has 0 bridgehead atoms. The van der Waals surface area contributed by atoms with Gasteiger partial charge in [0.25, 0.3) is 11.8 Å². The van der Waals surface area contributed by atoms with E-state index < -0.39 is 0 Å². The summed E-state index contributed by atoms with van der Waals surface area (Å²) in [4.78, 5) is 30.9. The summed E-state index contributed by atoms with van der Waals surface area (Å²) in [7, 11) is 1.58. The van der Waals surface area contributed by atoms with Crippen LogP contribution in [0.4, 0.5) is 0 Å². The predicted octanol–water partition coefficient (Wildman–Crippen LogP) is 2.55.